The van der Waals surface area contributed by atoms with Gasteiger partial charge in [0, 0.05) is 40.8 Å². The van der Waals surface area contributed by atoms with Gasteiger partial charge in [-0.15, -0.1) is 0 Å². The van der Waals surface area contributed by atoms with Crippen molar-refractivity contribution in [2.45, 2.75) is 12.8 Å². The Morgan fingerprint density at radius 2 is 1.35 bits per heavy atom. The standard InChI is InChI=1S/C13H25NO6/c1-17-8-6-14(7-9-18-2)12(15)4-5-13(16)20-11-10-19-3/h4-11H2,1-3H3. The van der Waals surface area contributed by atoms with Gasteiger partial charge in [0.15, 0.2) is 0 Å². The average molecular weight is 291 g/mol. The molecule has 0 aliphatic heterocycles. The fourth-order valence-corrected chi connectivity index (χ4v) is 1.44. The molecule has 0 atom stereocenters. The molecular formula is C13H25NO6. The summed E-state index contributed by atoms with van der Waals surface area (Å²) in [6.45, 7) is 2.43. The van der Waals surface area contributed by atoms with Gasteiger partial charge in [0.25, 0.3) is 0 Å². The van der Waals surface area contributed by atoms with Gasteiger partial charge < -0.3 is 23.8 Å². The van der Waals surface area contributed by atoms with E-state index in [0.29, 0.717) is 32.9 Å². The number of carbonyl (C=O) groups is 2. The Morgan fingerprint density at radius 1 is 0.800 bits per heavy atom. The highest BCUT2D eigenvalue weighted by Crippen LogP contribution is 2.00. The average Bonchev–Trinajstić information content (AvgIpc) is 2.45. The summed E-state index contributed by atoms with van der Waals surface area (Å²) >= 11 is 0. The number of methoxy groups -OCH3 is 3. The van der Waals surface area contributed by atoms with Crippen LogP contribution in [0.4, 0.5) is 0 Å². The molecule has 0 aliphatic carbocycles. The van der Waals surface area contributed by atoms with E-state index in [2.05, 4.69) is 0 Å². The molecule has 0 bridgehead atoms. The maximum atomic E-state index is 12.0. The third kappa shape index (κ3) is 9.71. The van der Waals surface area contributed by atoms with Crippen molar-refractivity contribution in [3.8, 4) is 0 Å². The van der Waals surface area contributed by atoms with E-state index < -0.39 is 5.97 Å². The van der Waals surface area contributed by atoms with Gasteiger partial charge in [-0.05, 0) is 0 Å². The summed E-state index contributed by atoms with van der Waals surface area (Å²) in [7, 11) is 4.68. The topological polar surface area (TPSA) is 74.3 Å². The summed E-state index contributed by atoms with van der Waals surface area (Å²) in [5.74, 6) is -0.503. The van der Waals surface area contributed by atoms with Crippen LogP contribution >= 0.6 is 0 Å². The van der Waals surface area contributed by atoms with E-state index in [1.54, 1.807) is 19.1 Å². The smallest absolute Gasteiger partial charge is 0.306 e. The summed E-state index contributed by atoms with van der Waals surface area (Å²) in [5, 5.41) is 0. The SMILES string of the molecule is COCCOC(=O)CCC(=O)N(CCOC)CCOC. The molecular weight excluding hydrogens is 266 g/mol. The van der Waals surface area contributed by atoms with Crippen molar-refractivity contribution in [3.05, 3.63) is 0 Å². The molecule has 7 nitrogen and oxygen atoms in total. The van der Waals surface area contributed by atoms with Crippen LogP contribution in [0.3, 0.4) is 0 Å². The molecule has 0 aliphatic rings. The summed E-state index contributed by atoms with van der Waals surface area (Å²) in [4.78, 5) is 25.0. The van der Waals surface area contributed by atoms with Crippen LogP contribution in [0, 0.1) is 0 Å². The Bertz CT molecular complexity index is 264. The minimum absolute atomic E-state index is 0.0685. The fourth-order valence-electron chi connectivity index (χ4n) is 1.44. The van der Waals surface area contributed by atoms with E-state index in [4.69, 9.17) is 18.9 Å². The lowest BCUT2D eigenvalue weighted by Crippen LogP contribution is -2.36. The van der Waals surface area contributed by atoms with Gasteiger partial charge in [-0.3, -0.25) is 9.59 Å². The third-order valence-corrected chi connectivity index (χ3v) is 2.58. The molecule has 0 saturated carbocycles. The minimum atomic E-state index is -0.395. The Labute approximate surface area is 120 Å². The van der Waals surface area contributed by atoms with Crippen molar-refractivity contribution in [3.63, 3.8) is 0 Å². The molecule has 118 valence electrons. The molecule has 0 heterocycles. The van der Waals surface area contributed by atoms with E-state index in [9.17, 15) is 9.59 Å². The molecule has 0 rings (SSSR count). The highest BCUT2D eigenvalue weighted by Gasteiger charge is 2.15. The van der Waals surface area contributed by atoms with Crippen LogP contribution in [0.25, 0.3) is 0 Å². The van der Waals surface area contributed by atoms with Crippen molar-refractivity contribution in [2.75, 3.05) is 60.8 Å². The minimum Gasteiger partial charge on any atom is -0.463 e. The van der Waals surface area contributed by atoms with Crippen LogP contribution in [-0.2, 0) is 28.5 Å². The number of esters is 1. The summed E-state index contributed by atoms with van der Waals surface area (Å²) in [6.07, 6.45) is 0.193. The van der Waals surface area contributed by atoms with Crippen LogP contribution in [0.1, 0.15) is 12.8 Å². The molecule has 0 aromatic rings. The maximum Gasteiger partial charge on any atom is 0.306 e. The molecule has 0 spiro atoms. The highest BCUT2D eigenvalue weighted by atomic mass is 16.6. The van der Waals surface area contributed by atoms with Crippen LogP contribution in [0.2, 0.25) is 0 Å². The lowest BCUT2D eigenvalue weighted by molar-refractivity contribution is -0.147. The highest BCUT2D eigenvalue weighted by molar-refractivity contribution is 5.81. The van der Waals surface area contributed by atoms with E-state index >= 15 is 0 Å². The molecule has 0 radical (unpaired) electrons. The monoisotopic (exact) mass is 291 g/mol. The number of ether oxygens (including phenoxy) is 4. The van der Waals surface area contributed by atoms with Gasteiger partial charge in [-0.2, -0.15) is 0 Å². The number of hydrogen-bond acceptors (Lipinski definition) is 6. The second-order valence-electron chi connectivity index (χ2n) is 4.08. The van der Waals surface area contributed by atoms with Crippen molar-refractivity contribution in [1.82, 2.24) is 4.90 Å². The molecule has 1 amide bonds. The lowest BCUT2D eigenvalue weighted by Gasteiger charge is -2.21. The number of amides is 1. The molecule has 7 heteroatoms. The largest absolute Gasteiger partial charge is 0.463 e. The van der Waals surface area contributed by atoms with Crippen molar-refractivity contribution in [1.29, 1.82) is 0 Å². The summed E-state index contributed by atoms with van der Waals surface area (Å²) in [5.41, 5.74) is 0. The predicted molar refractivity (Wildman–Crippen MR) is 72.4 cm³/mol. The van der Waals surface area contributed by atoms with Crippen molar-refractivity contribution < 1.29 is 28.5 Å². The zero-order valence-corrected chi connectivity index (χ0v) is 12.6. The Morgan fingerprint density at radius 3 is 1.85 bits per heavy atom. The van der Waals surface area contributed by atoms with Gasteiger partial charge in [-0.25, -0.2) is 0 Å². The molecule has 20 heavy (non-hydrogen) atoms. The maximum absolute atomic E-state index is 12.0. The van der Waals surface area contributed by atoms with Crippen LogP contribution in [0.5, 0.6) is 0 Å². The molecule has 0 unspecified atom stereocenters. The van der Waals surface area contributed by atoms with Gasteiger partial charge in [-0.1, -0.05) is 0 Å². The first-order valence-electron chi connectivity index (χ1n) is 6.55. The van der Waals surface area contributed by atoms with Crippen molar-refractivity contribution >= 4 is 11.9 Å². The van der Waals surface area contributed by atoms with E-state index in [-0.39, 0.29) is 25.4 Å². The Kier molecular flexibility index (Phi) is 12.1. The van der Waals surface area contributed by atoms with Crippen molar-refractivity contribution in [2.24, 2.45) is 0 Å². The van der Waals surface area contributed by atoms with Gasteiger partial charge in [0.1, 0.15) is 6.61 Å². The number of rotatable bonds is 12. The molecule has 0 saturated heterocycles. The van der Waals surface area contributed by atoms with Gasteiger partial charge in [0.05, 0.1) is 26.2 Å². The Balaban J connectivity index is 4.00. The molecule has 0 fully saturated rings. The number of hydrogen-bond donors (Lipinski definition) is 0. The zero-order valence-electron chi connectivity index (χ0n) is 12.6. The lowest BCUT2D eigenvalue weighted by atomic mass is 10.2. The third-order valence-electron chi connectivity index (χ3n) is 2.58. The first kappa shape index (κ1) is 18.8. The summed E-state index contributed by atoms with van der Waals surface area (Å²) < 4.78 is 19.6. The normalized spacial score (nSPS) is 10.3. The quantitative estimate of drug-likeness (QED) is 0.374. The summed E-state index contributed by atoms with van der Waals surface area (Å²) in [6, 6.07) is 0. The van der Waals surface area contributed by atoms with E-state index in [1.807, 2.05) is 0 Å². The second-order valence-corrected chi connectivity index (χ2v) is 4.08. The van der Waals surface area contributed by atoms with Crippen LogP contribution in [-0.4, -0.2) is 77.6 Å². The van der Waals surface area contributed by atoms with Gasteiger partial charge in [0.2, 0.25) is 5.91 Å². The zero-order chi connectivity index (χ0) is 15.2. The van der Waals surface area contributed by atoms with E-state index in [1.165, 1.54) is 7.11 Å². The second kappa shape index (κ2) is 12.8. The molecule has 0 N–H and O–H groups in total. The van der Waals surface area contributed by atoms with E-state index in [0.717, 1.165) is 0 Å². The first-order chi connectivity index (χ1) is 9.65. The molecule has 0 aromatic heterocycles. The van der Waals surface area contributed by atoms with Gasteiger partial charge >= 0.3 is 5.97 Å². The number of carbonyl (C=O) groups excluding carboxylic acids is 2. The molecule has 0 aromatic carbocycles. The predicted octanol–water partition coefficient (Wildman–Crippen LogP) is 0.0776. The van der Waals surface area contributed by atoms with Crippen LogP contribution < -0.4 is 0 Å². The Hall–Kier alpha value is -1.18. The first-order valence-corrected chi connectivity index (χ1v) is 6.55. The number of nitrogens with zero attached hydrogens (tertiary/aromatic N) is 1. The van der Waals surface area contributed by atoms with Crippen LogP contribution in [0.15, 0.2) is 0 Å². The fraction of sp³-hybridized carbons (Fsp3) is 0.846.